The minimum absolute atomic E-state index is 0.478. The molecular weight excluding hydrogens is 316 g/mol. The van der Waals surface area contributed by atoms with E-state index >= 15 is 0 Å². The molecule has 2 heteroatoms. The van der Waals surface area contributed by atoms with Gasteiger partial charge in [-0.25, -0.2) is 0 Å². The highest BCUT2D eigenvalue weighted by Crippen LogP contribution is 2.29. The van der Waals surface area contributed by atoms with Crippen LogP contribution in [0.3, 0.4) is 0 Å². The predicted octanol–water partition coefficient (Wildman–Crippen LogP) is 7.33. The van der Waals surface area contributed by atoms with Crippen molar-refractivity contribution >= 4 is 5.69 Å². The lowest BCUT2D eigenvalue weighted by Crippen LogP contribution is -2.42. The Morgan fingerprint density at radius 3 is 1.92 bits per heavy atom. The molecule has 0 radical (unpaired) electrons. The van der Waals surface area contributed by atoms with E-state index in [4.69, 9.17) is 0 Å². The van der Waals surface area contributed by atoms with Crippen LogP contribution in [0, 0.1) is 0 Å². The summed E-state index contributed by atoms with van der Waals surface area (Å²) in [6, 6.07) is 11.4. The molecule has 0 aromatic heterocycles. The second kappa shape index (κ2) is 12.0. The van der Waals surface area contributed by atoms with Crippen molar-refractivity contribution in [2.75, 3.05) is 4.90 Å². The van der Waals surface area contributed by atoms with Crippen molar-refractivity contribution in [2.45, 2.75) is 104 Å². The summed E-state index contributed by atoms with van der Waals surface area (Å²) in [5.74, 6) is 0. The molecule has 26 heavy (non-hydrogen) atoms. The zero-order valence-electron chi connectivity index (χ0n) is 17.4. The molecule has 0 bridgehead atoms. The SMILES string of the molecule is CCCCCCCCCCCCC1N(c2ccccc2)C=CN1C(C)C. The molecule has 1 unspecified atom stereocenters. The highest BCUT2D eigenvalue weighted by atomic mass is 15.4. The van der Waals surface area contributed by atoms with Crippen molar-refractivity contribution in [3.8, 4) is 0 Å². The minimum Gasteiger partial charge on any atom is -0.353 e. The second-order valence-corrected chi connectivity index (χ2v) is 8.03. The first-order chi connectivity index (χ1) is 12.7. The molecule has 1 atom stereocenters. The van der Waals surface area contributed by atoms with E-state index < -0.39 is 0 Å². The standard InChI is InChI=1S/C24H40N2/c1-4-5-6-7-8-9-10-11-12-16-19-24-25(22(2)3)20-21-26(24)23-17-14-13-15-18-23/h13-15,17-18,20-22,24H,4-12,16,19H2,1-3H3. The third kappa shape index (κ3) is 6.70. The Morgan fingerprint density at radius 2 is 1.35 bits per heavy atom. The average molecular weight is 357 g/mol. The Hall–Kier alpha value is -1.44. The summed E-state index contributed by atoms with van der Waals surface area (Å²) >= 11 is 0. The molecule has 1 aliphatic heterocycles. The molecule has 2 nitrogen and oxygen atoms in total. The maximum atomic E-state index is 2.51. The Bertz CT molecular complexity index is 494. The smallest absolute Gasteiger partial charge is 0.106 e. The molecule has 0 aliphatic carbocycles. The van der Waals surface area contributed by atoms with Gasteiger partial charge in [-0.2, -0.15) is 0 Å². The zero-order chi connectivity index (χ0) is 18.6. The van der Waals surface area contributed by atoms with E-state index in [0.29, 0.717) is 12.2 Å². The van der Waals surface area contributed by atoms with Gasteiger partial charge < -0.3 is 9.80 Å². The molecule has 0 fully saturated rings. The van der Waals surface area contributed by atoms with Crippen molar-refractivity contribution in [3.63, 3.8) is 0 Å². The topological polar surface area (TPSA) is 6.48 Å². The summed E-state index contributed by atoms with van der Waals surface area (Å²) in [4.78, 5) is 4.97. The van der Waals surface area contributed by atoms with Crippen molar-refractivity contribution in [2.24, 2.45) is 0 Å². The van der Waals surface area contributed by atoms with Gasteiger partial charge in [0.2, 0.25) is 0 Å². The Balaban J connectivity index is 1.68. The summed E-state index contributed by atoms with van der Waals surface area (Å²) in [5.41, 5.74) is 1.31. The van der Waals surface area contributed by atoms with Crippen LogP contribution in [0.25, 0.3) is 0 Å². The van der Waals surface area contributed by atoms with Gasteiger partial charge in [-0.3, -0.25) is 0 Å². The molecule has 1 aliphatic rings. The van der Waals surface area contributed by atoms with Crippen LogP contribution < -0.4 is 4.90 Å². The van der Waals surface area contributed by atoms with Crippen LogP contribution in [-0.2, 0) is 0 Å². The van der Waals surface area contributed by atoms with E-state index in [1.54, 1.807) is 0 Å². The lowest BCUT2D eigenvalue weighted by molar-refractivity contribution is 0.233. The van der Waals surface area contributed by atoms with Crippen LogP contribution >= 0.6 is 0 Å². The van der Waals surface area contributed by atoms with Crippen LogP contribution in [0.1, 0.15) is 91.4 Å². The molecule has 0 saturated heterocycles. The number of nitrogens with zero attached hydrogens (tertiary/aromatic N) is 2. The van der Waals surface area contributed by atoms with Crippen LogP contribution in [-0.4, -0.2) is 17.1 Å². The second-order valence-electron chi connectivity index (χ2n) is 8.03. The molecule has 1 heterocycles. The largest absolute Gasteiger partial charge is 0.353 e. The highest BCUT2D eigenvalue weighted by Gasteiger charge is 2.28. The van der Waals surface area contributed by atoms with E-state index in [0.717, 1.165) is 0 Å². The number of para-hydroxylation sites is 1. The predicted molar refractivity (Wildman–Crippen MR) is 115 cm³/mol. The molecule has 1 aromatic rings. The van der Waals surface area contributed by atoms with Gasteiger partial charge in [0, 0.05) is 24.1 Å². The average Bonchev–Trinajstić information content (AvgIpc) is 3.08. The normalized spacial score (nSPS) is 16.8. The van der Waals surface area contributed by atoms with Crippen molar-refractivity contribution in [1.29, 1.82) is 0 Å². The van der Waals surface area contributed by atoms with Crippen molar-refractivity contribution in [3.05, 3.63) is 42.7 Å². The third-order valence-corrected chi connectivity index (χ3v) is 5.53. The van der Waals surface area contributed by atoms with Crippen LogP contribution in [0.15, 0.2) is 42.7 Å². The summed E-state index contributed by atoms with van der Waals surface area (Å²) in [7, 11) is 0. The fourth-order valence-corrected chi connectivity index (χ4v) is 3.97. The molecule has 0 amide bonds. The van der Waals surface area contributed by atoms with Gasteiger partial charge in [0.25, 0.3) is 0 Å². The number of unbranched alkanes of at least 4 members (excludes halogenated alkanes) is 9. The van der Waals surface area contributed by atoms with E-state index in [9.17, 15) is 0 Å². The van der Waals surface area contributed by atoms with Crippen molar-refractivity contribution < 1.29 is 0 Å². The van der Waals surface area contributed by atoms with Crippen LogP contribution in [0.5, 0.6) is 0 Å². The summed E-state index contributed by atoms with van der Waals surface area (Å²) < 4.78 is 0. The number of benzene rings is 1. The number of hydrogen-bond donors (Lipinski definition) is 0. The molecule has 0 spiro atoms. The number of anilines is 1. The lowest BCUT2D eigenvalue weighted by atomic mass is 10.0. The molecule has 146 valence electrons. The Labute approximate surface area is 162 Å². The molecule has 1 aromatic carbocycles. The summed E-state index contributed by atoms with van der Waals surface area (Å²) in [5, 5.41) is 0. The molecule has 0 saturated carbocycles. The first-order valence-electron chi connectivity index (χ1n) is 11.0. The Morgan fingerprint density at radius 1 is 0.769 bits per heavy atom. The van der Waals surface area contributed by atoms with Crippen LogP contribution in [0.2, 0.25) is 0 Å². The number of hydrogen-bond acceptors (Lipinski definition) is 2. The first kappa shape index (κ1) is 20.9. The number of rotatable bonds is 13. The molecular formula is C24H40N2. The van der Waals surface area contributed by atoms with E-state index in [2.05, 4.69) is 73.3 Å². The van der Waals surface area contributed by atoms with Crippen molar-refractivity contribution in [1.82, 2.24) is 4.90 Å². The zero-order valence-corrected chi connectivity index (χ0v) is 17.4. The minimum atomic E-state index is 0.478. The Kier molecular flexibility index (Phi) is 9.66. The summed E-state index contributed by atoms with van der Waals surface area (Å²) in [6.07, 6.45) is 20.3. The molecule has 0 N–H and O–H groups in total. The van der Waals surface area contributed by atoms with Gasteiger partial charge in [0.15, 0.2) is 0 Å². The van der Waals surface area contributed by atoms with Gasteiger partial charge in [-0.05, 0) is 38.8 Å². The monoisotopic (exact) mass is 356 g/mol. The lowest BCUT2D eigenvalue weighted by Gasteiger charge is -2.35. The quantitative estimate of drug-likeness (QED) is 0.341. The van der Waals surface area contributed by atoms with E-state index in [1.165, 1.54) is 76.3 Å². The maximum absolute atomic E-state index is 2.51. The van der Waals surface area contributed by atoms with Gasteiger partial charge in [-0.1, -0.05) is 82.9 Å². The van der Waals surface area contributed by atoms with E-state index in [1.807, 2.05) is 0 Å². The summed E-state index contributed by atoms with van der Waals surface area (Å²) in [6.45, 7) is 6.88. The third-order valence-electron chi connectivity index (χ3n) is 5.53. The maximum Gasteiger partial charge on any atom is 0.106 e. The highest BCUT2D eigenvalue weighted by molar-refractivity contribution is 5.51. The van der Waals surface area contributed by atoms with Gasteiger partial charge in [-0.15, -0.1) is 0 Å². The molecule has 2 rings (SSSR count). The fraction of sp³-hybridized carbons (Fsp3) is 0.667. The van der Waals surface area contributed by atoms with Gasteiger partial charge >= 0.3 is 0 Å². The van der Waals surface area contributed by atoms with Gasteiger partial charge in [0.1, 0.15) is 6.17 Å². The van der Waals surface area contributed by atoms with Crippen LogP contribution in [0.4, 0.5) is 5.69 Å². The van der Waals surface area contributed by atoms with E-state index in [-0.39, 0.29) is 0 Å². The fourth-order valence-electron chi connectivity index (χ4n) is 3.97. The first-order valence-corrected chi connectivity index (χ1v) is 11.0. The van der Waals surface area contributed by atoms with Gasteiger partial charge in [0.05, 0.1) is 0 Å².